The number of aryl methyl sites for hydroxylation is 1. The summed E-state index contributed by atoms with van der Waals surface area (Å²) in [6, 6.07) is 10.5. The second-order valence-electron chi connectivity index (χ2n) is 10.0. The number of benzene rings is 1. The standard InChI is InChI=1S/C27H34N4O2S2/c1-2-31(16-18-6-4-3-5-7-18)27(34)29-20-12-13-22-21(14-20)23(25(33)28-15-17-8-9-17)26(35-22)30-24(32)19-10-11-19/h3-7,17,19-20H,2,8-16H2,1H3,(H,28,33)(H,29,34)(H,30,32)/t20-/m0/s1. The van der Waals surface area contributed by atoms with Gasteiger partial charge in [-0.1, -0.05) is 30.3 Å². The van der Waals surface area contributed by atoms with E-state index in [9.17, 15) is 9.59 Å². The van der Waals surface area contributed by atoms with E-state index in [0.29, 0.717) is 11.5 Å². The molecular formula is C27H34N4O2S2. The van der Waals surface area contributed by atoms with E-state index in [4.69, 9.17) is 12.2 Å². The van der Waals surface area contributed by atoms with Gasteiger partial charge in [0.05, 0.1) is 5.56 Å². The molecule has 3 aliphatic carbocycles. The molecule has 2 saturated carbocycles. The van der Waals surface area contributed by atoms with Crippen LogP contribution in [-0.2, 0) is 24.2 Å². The number of carbonyl (C=O) groups is 2. The van der Waals surface area contributed by atoms with Crippen LogP contribution in [0.3, 0.4) is 0 Å². The number of nitrogens with zero attached hydrogens (tertiary/aromatic N) is 1. The van der Waals surface area contributed by atoms with E-state index in [1.807, 2.05) is 18.2 Å². The number of hydrogen-bond acceptors (Lipinski definition) is 4. The molecule has 0 radical (unpaired) electrons. The van der Waals surface area contributed by atoms with E-state index < -0.39 is 0 Å². The molecule has 0 unspecified atom stereocenters. The topological polar surface area (TPSA) is 73.5 Å². The van der Waals surface area contributed by atoms with Gasteiger partial charge >= 0.3 is 0 Å². The van der Waals surface area contributed by atoms with Gasteiger partial charge in [-0.2, -0.15) is 0 Å². The number of hydrogen-bond donors (Lipinski definition) is 3. The van der Waals surface area contributed by atoms with Crippen LogP contribution >= 0.6 is 23.6 Å². The predicted molar refractivity (Wildman–Crippen MR) is 145 cm³/mol. The van der Waals surface area contributed by atoms with Gasteiger partial charge in [0, 0.05) is 36.5 Å². The monoisotopic (exact) mass is 510 g/mol. The van der Waals surface area contributed by atoms with Gasteiger partial charge in [-0.3, -0.25) is 9.59 Å². The van der Waals surface area contributed by atoms with Crippen LogP contribution in [0.2, 0.25) is 0 Å². The molecule has 186 valence electrons. The maximum atomic E-state index is 13.3. The molecule has 35 heavy (non-hydrogen) atoms. The van der Waals surface area contributed by atoms with Crippen molar-refractivity contribution in [2.75, 3.05) is 18.4 Å². The first-order valence-electron chi connectivity index (χ1n) is 12.8. The molecule has 0 aliphatic heterocycles. The summed E-state index contributed by atoms with van der Waals surface area (Å²) in [6.45, 7) is 4.43. The summed E-state index contributed by atoms with van der Waals surface area (Å²) in [5, 5.41) is 11.3. The summed E-state index contributed by atoms with van der Waals surface area (Å²) in [5.41, 5.74) is 2.98. The van der Waals surface area contributed by atoms with Crippen LogP contribution in [-0.4, -0.2) is 41.0 Å². The molecule has 0 bridgehead atoms. The summed E-state index contributed by atoms with van der Waals surface area (Å²) in [4.78, 5) is 29.2. The lowest BCUT2D eigenvalue weighted by molar-refractivity contribution is -0.117. The fourth-order valence-corrected chi connectivity index (χ4v) is 6.24. The minimum Gasteiger partial charge on any atom is -0.359 e. The van der Waals surface area contributed by atoms with Crippen molar-refractivity contribution in [2.24, 2.45) is 11.8 Å². The highest BCUT2D eigenvalue weighted by atomic mass is 32.1. The maximum Gasteiger partial charge on any atom is 0.254 e. The Bertz CT molecular complexity index is 1090. The van der Waals surface area contributed by atoms with E-state index >= 15 is 0 Å². The average Bonchev–Trinajstić information content (AvgIpc) is 3.78. The lowest BCUT2D eigenvalue weighted by Crippen LogP contribution is -2.46. The molecule has 1 heterocycles. The molecule has 6 nitrogen and oxygen atoms in total. The first-order chi connectivity index (χ1) is 17.0. The summed E-state index contributed by atoms with van der Waals surface area (Å²) >= 11 is 7.38. The molecule has 0 spiro atoms. The van der Waals surface area contributed by atoms with Gasteiger partial charge in [-0.15, -0.1) is 11.3 Å². The summed E-state index contributed by atoms with van der Waals surface area (Å²) in [6.07, 6.45) is 6.84. The molecule has 3 aliphatic rings. The lowest BCUT2D eigenvalue weighted by Gasteiger charge is -2.30. The number of anilines is 1. The van der Waals surface area contributed by atoms with Crippen molar-refractivity contribution in [1.82, 2.24) is 15.5 Å². The van der Waals surface area contributed by atoms with Gasteiger partial charge in [-0.25, -0.2) is 0 Å². The Hall–Kier alpha value is -2.45. The summed E-state index contributed by atoms with van der Waals surface area (Å²) < 4.78 is 0. The SMILES string of the molecule is CCN(Cc1ccccc1)C(=S)N[C@H]1CCc2sc(NC(=O)C3CC3)c(C(=O)NCC3CC3)c2C1. The predicted octanol–water partition coefficient (Wildman–Crippen LogP) is 4.49. The van der Waals surface area contributed by atoms with E-state index in [1.54, 1.807) is 11.3 Å². The second-order valence-corrected chi connectivity index (χ2v) is 11.5. The zero-order chi connectivity index (χ0) is 24.4. The van der Waals surface area contributed by atoms with Crippen LogP contribution in [0.1, 0.15) is 65.4 Å². The van der Waals surface area contributed by atoms with Gasteiger partial charge in [0.1, 0.15) is 5.00 Å². The van der Waals surface area contributed by atoms with Gasteiger partial charge < -0.3 is 20.9 Å². The zero-order valence-electron chi connectivity index (χ0n) is 20.3. The van der Waals surface area contributed by atoms with Crippen LogP contribution in [0, 0.1) is 11.8 Å². The van der Waals surface area contributed by atoms with Crippen molar-refractivity contribution in [2.45, 2.75) is 64.5 Å². The fraction of sp³-hybridized carbons (Fsp3) is 0.519. The molecule has 1 atom stereocenters. The van der Waals surface area contributed by atoms with Crippen molar-refractivity contribution in [3.63, 3.8) is 0 Å². The summed E-state index contributed by atoms with van der Waals surface area (Å²) in [7, 11) is 0. The van der Waals surface area contributed by atoms with Crippen molar-refractivity contribution >= 4 is 45.5 Å². The molecule has 5 rings (SSSR count). The van der Waals surface area contributed by atoms with Crippen LogP contribution in [0.4, 0.5) is 5.00 Å². The maximum absolute atomic E-state index is 13.3. The van der Waals surface area contributed by atoms with Crippen LogP contribution in [0.15, 0.2) is 30.3 Å². The highest BCUT2D eigenvalue weighted by Gasteiger charge is 2.34. The lowest BCUT2D eigenvalue weighted by atomic mass is 9.91. The Morgan fingerprint density at radius 2 is 1.89 bits per heavy atom. The van der Waals surface area contributed by atoms with Gasteiger partial charge in [0.25, 0.3) is 5.91 Å². The van der Waals surface area contributed by atoms with Crippen molar-refractivity contribution in [1.29, 1.82) is 0 Å². The molecule has 1 aromatic carbocycles. The number of thiocarbonyl (C=S) groups is 1. The van der Waals surface area contributed by atoms with E-state index in [0.717, 1.165) is 67.4 Å². The highest BCUT2D eigenvalue weighted by molar-refractivity contribution is 7.80. The number of rotatable bonds is 9. The Labute approximate surface area is 216 Å². The normalized spacial score (nSPS) is 18.9. The quantitative estimate of drug-likeness (QED) is 0.434. The van der Waals surface area contributed by atoms with Crippen LogP contribution in [0.5, 0.6) is 0 Å². The van der Waals surface area contributed by atoms with Gasteiger partial charge in [0.15, 0.2) is 5.11 Å². The smallest absolute Gasteiger partial charge is 0.254 e. The Kier molecular flexibility index (Phi) is 7.39. The molecule has 2 aromatic rings. The van der Waals surface area contributed by atoms with Crippen molar-refractivity contribution in [3.8, 4) is 0 Å². The molecule has 8 heteroatoms. The number of fused-ring (bicyclic) bond motifs is 1. The summed E-state index contributed by atoms with van der Waals surface area (Å²) in [5.74, 6) is 0.709. The molecular weight excluding hydrogens is 476 g/mol. The second kappa shape index (κ2) is 10.7. The van der Waals surface area contributed by atoms with E-state index in [2.05, 4.69) is 39.9 Å². The molecule has 0 saturated heterocycles. The third-order valence-electron chi connectivity index (χ3n) is 7.13. The fourth-order valence-electron chi connectivity index (χ4n) is 4.64. The third-order valence-corrected chi connectivity index (χ3v) is 8.72. The number of amides is 2. The Morgan fingerprint density at radius 3 is 2.57 bits per heavy atom. The molecule has 3 N–H and O–H groups in total. The minimum atomic E-state index is -0.0528. The largest absolute Gasteiger partial charge is 0.359 e. The molecule has 1 aromatic heterocycles. The van der Waals surface area contributed by atoms with Crippen molar-refractivity contribution in [3.05, 3.63) is 51.9 Å². The van der Waals surface area contributed by atoms with E-state index in [-0.39, 0.29) is 23.8 Å². The Balaban J connectivity index is 1.29. The van der Waals surface area contributed by atoms with Gasteiger partial charge in [0.2, 0.25) is 5.91 Å². The van der Waals surface area contributed by atoms with Crippen LogP contribution in [0.25, 0.3) is 0 Å². The first-order valence-corrected chi connectivity index (χ1v) is 14.1. The first kappa shape index (κ1) is 24.3. The Morgan fingerprint density at radius 1 is 1.11 bits per heavy atom. The van der Waals surface area contributed by atoms with E-state index in [1.165, 1.54) is 23.3 Å². The number of nitrogens with one attached hydrogen (secondary N) is 3. The molecule has 2 fully saturated rings. The highest BCUT2D eigenvalue weighted by Crippen LogP contribution is 2.40. The number of carbonyl (C=O) groups excluding carboxylic acids is 2. The average molecular weight is 511 g/mol. The van der Waals surface area contributed by atoms with Crippen molar-refractivity contribution < 1.29 is 9.59 Å². The zero-order valence-corrected chi connectivity index (χ0v) is 21.9. The third kappa shape index (κ3) is 6.04. The molecule has 2 amide bonds. The van der Waals surface area contributed by atoms with Crippen LogP contribution < -0.4 is 16.0 Å². The van der Waals surface area contributed by atoms with Gasteiger partial charge in [-0.05, 0) is 81.1 Å². The minimum absolute atomic E-state index is 0.0511. The number of thiophene rings is 1.